The first kappa shape index (κ1) is 15.1. The molecule has 0 aliphatic rings. The van der Waals surface area contributed by atoms with Crippen molar-refractivity contribution in [3.8, 4) is 23.0 Å². The molecule has 5 nitrogen and oxygen atoms in total. The molecule has 106 valence electrons. The molecule has 1 aromatic rings. The molecule has 0 amide bonds. The van der Waals surface area contributed by atoms with Gasteiger partial charge >= 0.3 is 5.97 Å². The molecule has 1 aromatic carbocycles. The Morgan fingerprint density at radius 1 is 1.11 bits per heavy atom. The maximum atomic E-state index is 11.8. The highest BCUT2D eigenvalue weighted by Crippen LogP contribution is 2.40. The summed E-state index contributed by atoms with van der Waals surface area (Å²) in [4.78, 5) is 11.8. The number of hydrogen-bond acceptors (Lipinski definition) is 5. The van der Waals surface area contributed by atoms with Crippen molar-refractivity contribution in [1.82, 2.24) is 0 Å². The standard InChI is InChI=1S/C14H20O5/c1-6-9(2)14(15)19-10-7-11(16-3)13(18-5)12(8-10)17-4/h7-9H,6H2,1-5H3/t9-/m0/s1. The third-order valence-corrected chi connectivity index (χ3v) is 2.87. The lowest BCUT2D eigenvalue weighted by Crippen LogP contribution is -2.17. The van der Waals surface area contributed by atoms with Gasteiger partial charge in [-0.3, -0.25) is 4.79 Å². The summed E-state index contributed by atoms with van der Waals surface area (Å²) in [5, 5.41) is 0. The van der Waals surface area contributed by atoms with Crippen LogP contribution >= 0.6 is 0 Å². The molecule has 5 heteroatoms. The van der Waals surface area contributed by atoms with Crippen molar-refractivity contribution >= 4 is 5.97 Å². The Morgan fingerprint density at radius 2 is 1.63 bits per heavy atom. The van der Waals surface area contributed by atoms with Gasteiger partial charge in [0.2, 0.25) is 5.75 Å². The van der Waals surface area contributed by atoms with Crippen LogP contribution in [0, 0.1) is 5.92 Å². The van der Waals surface area contributed by atoms with Crippen molar-refractivity contribution in [2.75, 3.05) is 21.3 Å². The van der Waals surface area contributed by atoms with Gasteiger partial charge in [-0.1, -0.05) is 13.8 Å². The quantitative estimate of drug-likeness (QED) is 0.586. The minimum absolute atomic E-state index is 0.154. The minimum Gasteiger partial charge on any atom is -0.493 e. The second-order valence-corrected chi connectivity index (χ2v) is 4.09. The number of esters is 1. The van der Waals surface area contributed by atoms with Gasteiger partial charge in [0, 0.05) is 12.1 Å². The van der Waals surface area contributed by atoms with E-state index in [0.29, 0.717) is 23.0 Å². The van der Waals surface area contributed by atoms with Crippen molar-refractivity contribution in [2.24, 2.45) is 5.92 Å². The minimum atomic E-state index is -0.281. The SMILES string of the molecule is CC[C@H](C)C(=O)Oc1cc(OC)c(OC)c(OC)c1. The van der Waals surface area contributed by atoms with Crippen molar-refractivity contribution in [2.45, 2.75) is 20.3 Å². The molecular formula is C14H20O5. The number of carbonyl (C=O) groups excluding carboxylic acids is 1. The van der Waals surface area contributed by atoms with Crippen molar-refractivity contribution in [3.63, 3.8) is 0 Å². The van der Waals surface area contributed by atoms with Crippen LogP contribution in [-0.4, -0.2) is 27.3 Å². The summed E-state index contributed by atoms with van der Waals surface area (Å²) in [5.41, 5.74) is 0. The fourth-order valence-electron chi connectivity index (χ4n) is 1.50. The average Bonchev–Trinajstić information content (AvgIpc) is 2.44. The van der Waals surface area contributed by atoms with Gasteiger partial charge in [0.1, 0.15) is 5.75 Å². The van der Waals surface area contributed by atoms with E-state index in [2.05, 4.69) is 0 Å². The fraction of sp³-hybridized carbons (Fsp3) is 0.500. The Hall–Kier alpha value is -1.91. The second-order valence-electron chi connectivity index (χ2n) is 4.09. The average molecular weight is 268 g/mol. The third kappa shape index (κ3) is 3.53. The molecule has 19 heavy (non-hydrogen) atoms. The number of carbonyl (C=O) groups is 1. The largest absolute Gasteiger partial charge is 0.493 e. The van der Waals surface area contributed by atoms with E-state index in [1.54, 1.807) is 12.1 Å². The maximum Gasteiger partial charge on any atom is 0.314 e. The van der Waals surface area contributed by atoms with Gasteiger partial charge in [-0.05, 0) is 6.42 Å². The maximum absolute atomic E-state index is 11.8. The molecule has 0 fully saturated rings. The van der Waals surface area contributed by atoms with Crippen LogP contribution in [-0.2, 0) is 4.79 Å². The number of benzene rings is 1. The van der Waals surface area contributed by atoms with E-state index in [-0.39, 0.29) is 11.9 Å². The van der Waals surface area contributed by atoms with E-state index < -0.39 is 0 Å². The summed E-state index contributed by atoms with van der Waals surface area (Å²) in [6.07, 6.45) is 0.725. The normalized spacial score (nSPS) is 11.6. The topological polar surface area (TPSA) is 54.0 Å². The highest BCUT2D eigenvalue weighted by atomic mass is 16.5. The van der Waals surface area contributed by atoms with Gasteiger partial charge in [0.15, 0.2) is 11.5 Å². The molecule has 0 aliphatic carbocycles. The number of hydrogen-bond donors (Lipinski definition) is 0. The zero-order chi connectivity index (χ0) is 14.4. The van der Waals surface area contributed by atoms with Crippen LogP contribution in [0.25, 0.3) is 0 Å². The van der Waals surface area contributed by atoms with Crippen LogP contribution in [0.15, 0.2) is 12.1 Å². The molecule has 0 aromatic heterocycles. The first-order valence-electron chi connectivity index (χ1n) is 6.09. The monoisotopic (exact) mass is 268 g/mol. The first-order chi connectivity index (χ1) is 9.07. The third-order valence-electron chi connectivity index (χ3n) is 2.87. The number of rotatable bonds is 6. The van der Waals surface area contributed by atoms with Gasteiger partial charge in [0.25, 0.3) is 0 Å². The molecule has 0 saturated carbocycles. The van der Waals surface area contributed by atoms with E-state index in [1.807, 2.05) is 13.8 Å². The predicted octanol–water partition coefficient (Wildman–Crippen LogP) is 2.66. The summed E-state index contributed by atoms with van der Waals surface area (Å²) in [5.74, 6) is 1.31. The van der Waals surface area contributed by atoms with Gasteiger partial charge in [-0.2, -0.15) is 0 Å². The molecule has 1 atom stereocenters. The van der Waals surface area contributed by atoms with E-state index in [9.17, 15) is 4.79 Å². The zero-order valence-corrected chi connectivity index (χ0v) is 12.0. The smallest absolute Gasteiger partial charge is 0.314 e. The lowest BCUT2D eigenvalue weighted by Gasteiger charge is -2.15. The lowest BCUT2D eigenvalue weighted by molar-refractivity contribution is -0.138. The summed E-state index contributed by atoms with van der Waals surface area (Å²) in [6.45, 7) is 3.75. The van der Waals surface area contributed by atoms with E-state index in [4.69, 9.17) is 18.9 Å². The fourth-order valence-corrected chi connectivity index (χ4v) is 1.50. The van der Waals surface area contributed by atoms with E-state index in [1.165, 1.54) is 21.3 Å². The van der Waals surface area contributed by atoms with Crippen molar-refractivity contribution in [3.05, 3.63) is 12.1 Å². The summed E-state index contributed by atoms with van der Waals surface area (Å²) in [6, 6.07) is 3.20. The molecule has 0 radical (unpaired) electrons. The highest BCUT2D eigenvalue weighted by Gasteiger charge is 2.18. The van der Waals surface area contributed by atoms with Crippen LogP contribution in [0.4, 0.5) is 0 Å². The lowest BCUT2D eigenvalue weighted by atomic mass is 10.1. The van der Waals surface area contributed by atoms with Crippen LogP contribution in [0.2, 0.25) is 0 Å². The van der Waals surface area contributed by atoms with Gasteiger partial charge in [-0.25, -0.2) is 0 Å². The Labute approximate surface area is 113 Å². The van der Waals surface area contributed by atoms with Crippen LogP contribution < -0.4 is 18.9 Å². The van der Waals surface area contributed by atoms with Crippen LogP contribution in [0.1, 0.15) is 20.3 Å². The van der Waals surface area contributed by atoms with Crippen LogP contribution in [0.3, 0.4) is 0 Å². The summed E-state index contributed by atoms with van der Waals surface area (Å²) >= 11 is 0. The number of methoxy groups -OCH3 is 3. The van der Waals surface area contributed by atoms with Gasteiger partial charge < -0.3 is 18.9 Å². The molecule has 0 unspecified atom stereocenters. The Bertz CT molecular complexity index is 416. The van der Waals surface area contributed by atoms with Gasteiger partial charge in [0.05, 0.1) is 27.2 Å². The molecular weight excluding hydrogens is 248 g/mol. The zero-order valence-electron chi connectivity index (χ0n) is 12.0. The van der Waals surface area contributed by atoms with Crippen LogP contribution in [0.5, 0.6) is 23.0 Å². The molecule has 0 N–H and O–H groups in total. The second kappa shape index (κ2) is 6.87. The first-order valence-corrected chi connectivity index (χ1v) is 6.09. The van der Waals surface area contributed by atoms with E-state index in [0.717, 1.165) is 6.42 Å². The predicted molar refractivity (Wildman–Crippen MR) is 71.2 cm³/mol. The summed E-state index contributed by atoms with van der Waals surface area (Å²) in [7, 11) is 4.54. The number of ether oxygens (including phenoxy) is 4. The Balaban J connectivity index is 3.06. The van der Waals surface area contributed by atoms with Crippen molar-refractivity contribution < 1.29 is 23.7 Å². The molecule has 0 bridgehead atoms. The van der Waals surface area contributed by atoms with E-state index >= 15 is 0 Å². The highest BCUT2D eigenvalue weighted by molar-refractivity contribution is 5.75. The van der Waals surface area contributed by atoms with Crippen molar-refractivity contribution in [1.29, 1.82) is 0 Å². The molecule has 0 saturated heterocycles. The summed E-state index contributed by atoms with van der Waals surface area (Å²) < 4.78 is 20.9. The Morgan fingerprint density at radius 3 is 2.00 bits per heavy atom. The molecule has 0 spiro atoms. The Kier molecular flexibility index (Phi) is 5.48. The molecule has 1 rings (SSSR count). The molecule has 0 heterocycles. The van der Waals surface area contributed by atoms with Gasteiger partial charge in [-0.15, -0.1) is 0 Å². The molecule has 0 aliphatic heterocycles.